The maximum atomic E-state index is 8.82. The molecule has 0 spiro atoms. The van der Waals surface area contributed by atoms with Crippen LogP contribution in [0.1, 0.15) is 0 Å². The van der Waals surface area contributed by atoms with E-state index in [1.807, 2.05) is 23.6 Å². The minimum atomic E-state index is 0.124. The number of aromatic nitrogens is 2. The number of hydrogen-bond donors (Lipinski definition) is 1. The van der Waals surface area contributed by atoms with Gasteiger partial charge in [-0.1, -0.05) is 0 Å². The summed E-state index contributed by atoms with van der Waals surface area (Å²) in [5, 5.41) is 23.3. The number of nitrogens with zero attached hydrogens (tertiary/aromatic N) is 5. The molecule has 0 aromatic carbocycles. The summed E-state index contributed by atoms with van der Waals surface area (Å²) in [6.07, 6.45) is 0. The van der Waals surface area contributed by atoms with Gasteiger partial charge >= 0.3 is 0 Å². The molecule has 7 heteroatoms. The quantitative estimate of drug-likeness (QED) is 0.838. The largest absolute Gasteiger partial charge is 0.357 e. The lowest BCUT2D eigenvalue weighted by molar-refractivity contribution is 0.939. The van der Waals surface area contributed by atoms with Crippen LogP contribution in [0, 0.1) is 22.7 Å². The van der Waals surface area contributed by atoms with Crippen molar-refractivity contribution in [2.24, 2.45) is 0 Å². The van der Waals surface area contributed by atoms with Crippen molar-refractivity contribution in [2.75, 3.05) is 30.4 Å². The van der Waals surface area contributed by atoms with Crippen LogP contribution in [-0.2, 0) is 0 Å². The molecule has 0 atom stereocenters. The molecule has 0 saturated heterocycles. The van der Waals surface area contributed by atoms with Crippen molar-refractivity contribution < 1.29 is 0 Å². The molecule has 0 aliphatic carbocycles. The number of thiophene rings is 1. The number of nitriles is 2. The first-order valence-corrected chi connectivity index (χ1v) is 6.10. The maximum Gasteiger partial charge on any atom is 0.225 e. The molecule has 0 fully saturated rings. The summed E-state index contributed by atoms with van der Waals surface area (Å²) in [4.78, 5) is 11.1. The molecule has 0 aliphatic rings. The van der Waals surface area contributed by atoms with Crippen LogP contribution in [0.2, 0.25) is 0 Å². The van der Waals surface area contributed by atoms with Gasteiger partial charge in [0.2, 0.25) is 5.95 Å². The first kappa shape index (κ1) is 12.1. The smallest absolute Gasteiger partial charge is 0.225 e. The highest BCUT2D eigenvalue weighted by atomic mass is 32.1. The summed E-state index contributed by atoms with van der Waals surface area (Å²) in [6.45, 7) is 0.247. The molecule has 0 aliphatic heterocycles. The van der Waals surface area contributed by atoms with Crippen molar-refractivity contribution in [1.29, 1.82) is 10.5 Å². The Morgan fingerprint density at radius 2 is 2.06 bits per heavy atom. The normalized spacial score (nSPS) is 9.72. The Kier molecular flexibility index (Phi) is 3.56. The van der Waals surface area contributed by atoms with Crippen LogP contribution in [0.5, 0.6) is 0 Å². The van der Waals surface area contributed by atoms with Gasteiger partial charge in [0.15, 0.2) is 0 Å². The van der Waals surface area contributed by atoms with E-state index in [-0.39, 0.29) is 13.1 Å². The van der Waals surface area contributed by atoms with E-state index >= 15 is 0 Å². The topological polar surface area (TPSA) is 88.6 Å². The van der Waals surface area contributed by atoms with Gasteiger partial charge < -0.3 is 10.2 Å². The first-order chi connectivity index (χ1) is 8.80. The second kappa shape index (κ2) is 5.30. The second-order valence-electron chi connectivity index (χ2n) is 3.43. The molecule has 0 bridgehead atoms. The third-order valence-electron chi connectivity index (χ3n) is 2.35. The maximum absolute atomic E-state index is 8.82. The van der Waals surface area contributed by atoms with Gasteiger partial charge in [-0.05, 0) is 11.4 Å². The summed E-state index contributed by atoms with van der Waals surface area (Å²) in [7, 11) is 1.73. The van der Waals surface area contributed by atoms with Gasteiger partial charge in [-0.3, -0.25) is 0 Å². The van der Waals surface area contributed by atoms with Gasteiger partial charge in [-0.15, -0.1) is 11.3 Å². The number of fused-ring (bicyclic) bond motifs is 1. The minimum absolute atomic E-state index is 0.124. The average Bonchev–Trinajstić information content (AvgIpc) is 2.85. The second-order valence-corrected chi connectivity index (χ2v) is 4.33. The summed E-state index contributed by atoms with van der Waals surface area (Å²) in [5.41, 5.74) is 0. The molecule has 18 heavy (non-hydrogen) atoms. The Hall–Kier alpha value is -2.38. The van der Waals surface area contributed by atoms with E-state index < -0.39 is 0 Å². The molecule has 90 valence electrons. The van der Waals surface area contributed by atoms with E-state index in [4.69, 9.17) is 10.5 Å². The molecule has 2 aromatic rings. The zero-order chi connectivity index (χ0) is 13.0. The molecule has 2 aromatic heterocycles. The Morgan fingerprint density at radius 1 is 1.33 bits per heavy atom. The molecule has 0 saturated carbocycles. The van der Waals surface area contributed by atoms with Crippen LogP contribution in [0.3, 0.4) is 0 Å². The van der Waals surface area contributed by atoms with Gasteiger partial charge in [0, 0.05) is 7.05 Å². The Labute approximate surface area is 108 Å². The lowest BCUT2D eigenvalue weighted by Crippen LogP contribution is -2.25. The van der Waals surface area contributed by atoms with E-state index in [1.54, 1.807) is 11.9 Å². The first-order valence-electron chi connectivity index (χ1n) is 5.22. The van der Waals surface area contributed by atoms with Crippen molar-refractivity contribution in [3.05, 3.63) is 11.4 Å². The molecule has 0 amide bonds. The van der Waals surface area contributed by atoms with Gasteiger partial charge in [0.05, 0.1) is 17.5 Å². The lowest BCUT2D eigenvalue weighted by Gasteiger charge is -2.18. The van der Waals surface area contributed by atoms with E-state index in [0.29, 0.717) is 11.8 Å². The zero-order valence-electron chi connectivity index (χ0n) is 9.71. The molecular weight excluding hydrogens is 248 g/mol. The third kappa shape index (κ3) is 2.17. The van der Waals surface area contributed by atoms with E-state index in [9.17, 15) is 0 Å². The van der Waals surface area contributed by atoms with Gasteiger partial charge in [0.25, 0.3) is 0 Å². The number of nitrogens with one attached hydrogen (secondary N) is 1. The highest BCUT2D eigenvalue weighted by Gasteiger charge is 2.14. The third-order valence-corrected chi connectivity index (χ3v) is 3.16. The standard InChI is InChI=1S/C11H10N6S/c1-14-11-15-9(17(5-3-12)6-4-13)8-2-7-18-10(8)16-11/h2,7H,5-6H2,1H3,(H,14,15,16). The fraction of sp³-hybridized carbons (Fsp3) is 0.273. The molecule has 2 rings (SSSR count). The van der Waals surface area contributed by atoms with Crippen molar-refractivity contribution in [3.8, 4) is 12.1 Å². The number of rotatable bonds is 4. The Morgan fingerprint density at radius 3 is 2.67 bits per heavy atom. The summed E-state index contributed by atoms with van der Waals surface area (Å²) in [5.74, 6) is 1.11. The van der Waals surface area contributed by atoms with Crippen molar-refractivity contribution in [1.82, 2.24) is 9.97 Å². The highest BCUT2D eigenvalue weighted by Crippen LogP contribution is 2.28. The zero-order valence-corrected chi connectivity index (χ0v) is 10.5. The van der Waals surface area contributed by atoms with Crippen LogP contribution in [0.25, 0.3) is 10.2 Å². The Balaban J connectivity index is 2.56. The Bertz CT molecular complexity index is 619. The van der Waals surface area contributed by atoms with Crippen molar-refractivity contribution in [3.63, 3.8) is 0 Å². The van der Waals surface area contributed by atoms with Crippen LogP contribution in [0.15, 0.2) is 11.4 Å². The molecule has 0 unspecified atom stereocenters. The fourth-order valence-electron chi connectivity index (χ4n) is 1.57. The van der Waals surface area contributed by atoms with Gasteiger partial charge in [-0.25, -0.2) is 4.98 Å². The van der Waals surface area contributed by atoms with Crippen molar-refractivity contribution >= 4 is 33.3 Å². The number of hydrogen-bond acceptors (Lipinski definition) is 7. The van der Waals surface area contributed by atoms with Crippen LogP contribution < -0.4 is 10.2 Å². The molecular formula is C11H10N6S. The van der Waals surface area contributed by atoms with E-state index in [1.165, 1.54) is 11.3 Å². The van der Waals surface area contributed by atoms with Crippen LogP contribution in [-0.4, -0.2) is 30.1 Å². The van der Waals surface area contributed by atoms with Gasteiger partial charge in [0.1, 0.15) is 23.7 Å². The van der Waals surface area contributed by atoms with Crippen LogP contribution in [0.4, 0.5) is 11.8 Å². The summed E-state index contributed by atoms with van der Waals surface area (Å²) in [6, 6.07) is 5.99. The number of anilines is 2. The van der Waals surface area contributed by atoms with Gasteiger partial charge in [-0.2, -0.15) is 15.5 Å². The molecule has 6 nitrogen and oxygen atoms in total. The van der Waals surface area contributed by atoms with Crippen molar-refractivity contribution in [2.45, 2.75) is 0 Å². The lowest BCUT2D eigenvalue weighted by atomic mass is 10.3. The highest BCUT2D eigenvalue weighted by molar-refractivity contribution is 7.16. The molecule has 2 heterocycles. The SMILES string of the molecule is CNc1nc(N(CC#N)CC#N)c2ccsc2n1. The molecule has 0 radical (unpaired) electrons. The van der Waals surface area contributed by atoms with Crippen LogP contribution >= 0.6 is 11.3 Å². The predicted octanol–water partition coefficient (Wildman–Crippen LogP) is 1.59. The average molecular weight is 258 g/mol. The summed E-state index contributed by atoms with van der Waals surface area (Å²) < 4.78 is 0. The van der Waals surface area contributed by atoms with E-state index in [2.05, 4.69) is 15.3 Å². The minimum Gasteiger partial charge on any atom is -0.357 e. The molecule has 1 N–H and O–H groups in total. The summed E-state index contributed by atoms with van der Waals surface area (Å²) >= 11 is 1.50. The predicted molar refractivity (Wildman–Crippen MR) is 70.4 cm³/mol. The van der Waals surface area contributed by atoms with E-state index in [0.717, 1.165) is 10.2 Å². The monoisotopic (exact) mass is 258 g/mol. The fourth-order valence-corrected chi connectivity index (χ4v) is 2.33.